The molecule has 0 aromatic rings. The van der Waals surface area contributed by atoms with Gasteiger partial charge in [-0.1, -0.05) is 35.6 Å². The highest BCUT2D eigenvalue weighted by atomic mass is 28.5. The highest BCUT2D eigenvalue weighted by Crippen LogP contribution is 2.28. The summed E-state index contributed by atoms with van der Waals surface area (Å²) in [6, 6.07) is 0.820. The van der Waals surface area contributed by atoms with Crippen LogP contribution in [0.15, 0.2) is 0 Å². The summed E-state index contributed by atoms with van der Waals surface area (Å²) < 4.78 is 19.4. The molecule has 0 amide bonds. The van der Waals surface area contributed by atoms with Crippen molar-refractivity contribution in [3.63, 3.8) is 0 Å². The molecular formula is C19H50O7Si4. The van der Waals surface area contributed by atoms with E-state index in [0.29, 0.717) is 6.42 Å². The number of carboxylic acid groups (broad SMARTS) is 1. The fourth-order valence-electron chi connectivity index (χ4n) is 2.90. The zero-order chi connectivity index (χ0) is 22.1. The molecule has 0 aromatic heterocycles. The van der Waals surface area contributed by atoms with Crippen LogP contribution in [0.3, 0.4) is 0 Å². The molecule has 30 heavy (non-hydrogen) atoms. The molecule has 0 radical (unpaired) electrons. The molecule has 0 bridgehead atoms. The monoisotopic (exact) mass is 502 g/mol. The second kappa shape index (κ2) is 16.3. The van der Waals surface area contributed by atoms with Gasteiger partial charge in [0.25, 0.3) is 0 Å². The standard InChI is InChI=1S/C15H38O5Si4.CO2.3CH4/c1-14(15(16)17)12-11-13-24(10,19-22(5,6)7)20-23(8,9)18-21(2,3)4;2-1-3;;;/h14H,11-13H2,1-10H3,(H,16,17);;3*1H4. The van der Waals surface area contributed by atoms with Crippen molar-refractivity contribution in [3.05, 3.63) is 0 Å². The summed E-state index contributed by atoms with van der Waals surface area (Å²) in [6.07, 6.45) is 1.73. The molecule has 1 N–H and O–H groups in total. The molecule has 0 heterocycles. The lowest BCUT2D eigenvalue weighted by molar-refractivity contribution is -0.191. The SMILES string of the molecule is C.C.C.CC(CCC[Si](C)(O[Si](C)(C)C)O[Si](C)(C)O[Si](C)(C)C)C(=O)O.O=C=O. The lowest BCUT2D eigenvalue weighted by atomic mass is 10.1. The fraction of sp³-hybridized carbons (Fsp3) is 0.895. The largest absolute Gasteiger partial charge is 0.481 e. The van der Waals surface area contributed by atoms with E-state index in [1.807, 2.05) is 0 Å². The lowest BCUT2D eigenvalue weighted by Crippen LogP contribution is -2.56. The fourth-order valence-corrected chi connectivity index (χ4v) is 20.9. The highest BCUT2D eigenvalue weighted by molar-refractivity contribution is 6.89. The topological polar surface area (TPSA) is 99.1 Å². The zero-order valence-electron chi connectivity index (χ0n) is 18.6. The highest BCUT2D eigenvalue weighted by Gasteiger charge is 2.44. The van der Waals surface area contributed by atoms with Gasteiger partial charge in [0.15, 0.2) is 16.6 Å². The van der Waals surface area contributed by atoms with Crippen molar-refractivity contribution in [1.82, 2.24) is 0 Å². The Balaban J connectivity index is -0.000000326. The first-order chi connectivity index (χ1) is 11.9. The first-order valence-corrected chi connectivity index (χ1v) is 21.3. The van der Waals surface area contributed by atoms with E-state index in [9.17, 15) is 4.79 Å². The van der Waals surface area contributed by atoms with Gasteiger partial charge in [0.2, 0.25) is 0 Å². The molecule has 0 rings (SSSR count). The van der Waals surface area contributed by atoms with Crippen LogP contribution >= 0.6 is 0 Å². The number of hydrogen-bond acceptors (Lipinski definition) is 6. The third kappa shape index (κ3) is 23.9. The summed E-state index contributed by atoms with van der Waals surface area (Å²) >= 11 is 0. The average Bonchev–Trinajstić information content (AvgIpc) is 2.32. The van der Waals surface area contributed by atoms with E-state index < -0.39 is 39.7 Å². The van der Waals surface area contributed by atoms with Crippen molar-refractivity contribution in [2.75, 3.05) is 0 Å². The molecule has 7 nitrogen and oxygen atoms in total. The van der Waals surface area contributed by atoms with Crippen molar-refractivity contribution >= 4 is 45.9 Å². The zero-order valence-corrected chi connectivity index (χ0v) is 22.6. The van der Waals surface area contributed by atoms with Crippen LogP contribution in [0.25, 0.3) is 0 Å². The van der Waals surface area contributed by atoms with Crippen LogP contribution < -0.4 is 0 Å². The normalized spacial score (nSPS) is 14.2. The van der Waals surface area contributed by atoms with Crippen molar-refractivity contribution in [2.24, 2.45) is 5.92 Å². The molecule has 0 saturated carbocycles. The Labute approximate surface area is 190 Å². The number of carbonyl (C=O) groups excluding carboxylic acids is 2. The van der Waals surface area contributed by atoms with E-state index in [1.165, 1.54) is 0 Å². The van der Waals surface area contributed by atoms with Crippen molar-refractivity contribution in [3.8, 4) is 0 Å². The van der Waals surface area contributed by atoms with Gasteiger partial charge in [0.05, 0.1) is 5.92 Å². The third-order valence-electron chi connectivity index (χ3n) is 3.23. The Kier molecular flexibility index (Phi) is 21.7. The minimum atomic E-state index is -2.39. The second-order valence-corrected chi connectivity index (χ2v) is 25.7. The summed E-state index contributed by atoms with van der Waals surface area (Å²) in [5.41, 5.74) is 0. The number of carbonyl (C=O) groups is 1. The summed E-state index contributed by atoms with van der Waals surface area (Å²) in [6.45, 7) is 21.1. The predicted molar refractivity (Wildman–Crippen MR) is 135 cm³/mol. The van der Waals surface area contributed by atoms with E-state index in [0.717, 1.165) is 12.5 Å². The molecule has 0 spiro atoms. The molecule has 0 aliphatic rings. The summed E-state index contributed by atoms with van der Waals surface area (Å²) in [5, 5.41) is 9.06. The van der Waals surface area contributed by atoms with Crippen LogP contribution in [0.1, 0.15) is 42.0 Å². The van der Waals surface area contributed by atoms with Gasteiger partial charge < -0.3 is 17.5 Å². The summed E-state index contributed by atoms with van der Waals surface area (Å²) in [4.78, 5) is 27.3. The van der Waals surface area contributed by atoms with Crippen LogP contribution in [-0.2, 0) is 26.7 Å². The Bertz CT molecular complexity index is 496. The van der Waals surface area contributed by atoms with Crippen LogP contribution in [0.4, 0.5) is 0 Å². The first-order valence-electron chi connectivity index (χ1n) is 9.19. The summed E-state index contributed by atoms with van der Waals surface area (Å²) in [5.74, 6) is -1.05. The molecule has 184 valence electrons. The van der Waals surface area contributed by atoms with Crippen LogP contribution in [0.5, 0.6) is 0 Å². The van der Waals surface area contributed by atoms with Gasteiger partial charge in [0.1, 0.15) is 0 Å². The van der Waals surface area contributed by atoms with E-state index in [4.69, 9.17) is 27.0 Å². The molecule has 11 heteroatoms. The molecule has 2 unspecified atom stereocenters. The minimum Gasteiger partial charge on any atom is -0.481 e. The van der Waals surface area contributed by atoms with Gasteiger partial charge in [-0.3, -0.25) is 4.79 Å². The van der Waals surface area contributed by atoms with Crippen LogP contribution in [-0.4, -0.2) is 51.0 Å². The van der Waals surface area contributed by atoms with Gasteiger partial charge in [-0.25, -0.2) is 0 Å². The maximum absolute atomic E-state index is 11.0. The Morgan fingerprint density at radius 2 is 1.20 bits per heavy atom. The van der Waals surface area contributed by atoms with E-state index in [1.54, 1.807) is 6.92 Å². The number of carboxylic acids is 1. The van der Waals surface area contributed by atoms with Gasteiger partial charge in [0, 0.05) is 0 Å². The molecular weight excluding hydrogens is 453 g/mol. The van der Waals surface area contributed by atoms with Crippen molar-refractivity contribution < 1.29 is 31.8 Å². The van der Waals surface area contributed by atoms with Crippen molar-refractivity contribution in [1.29, 1.82) is 0 Å². The first kappa shape index (κ1) is 40.0. The Morgan fingerprint density at radius 3 is 1.50 bits per heavy atom. The van der Waals surface area contributed by atoms with Gasteiger partial charge in [-0.05, 0) is 71.4 Å². The molecule has 0 aliphatic carbocycles. The Morgan fingerprint density at radius 1 is 0.833 bits per heavy atom. The summed E-state index contributed by atoms with van der Waals surface area (Å²) in [7, 11) is -8.09. The molecule has 0 saturated heterocycles. The molecule has 0 aliphatic heterocycles. The Hall–Kier alpha value is -0.402. The predicted octanol–water partition coefficient (Wildman–Crippen LogP) is 6.31. The van der Waals surface area contributed by atoms with Crippen molar-refractivity contribution in [2.45, 2.75) is 107 Å². The van der Waals surface area contributed by atoms with E-state index in [2.05, 4.69) is 58.9 Å². The van der Waals surface area contributed by atoms with Gasteiger partial charge in [-0.2, -0.15) is 9.59 Å². The third-order valence-corrected chi connectivity index (χ3v) is 16.8. The number of rotatable bonds is 11. The number of hydrogen-bond donors (Lipinski definition) is 1. The minimum absolute atomic E-state index is 0. The van der Waals surface area contributed by atoms with Crippen LogP contribution in [0, 0.1) is 5.92 Å². The van der Waals surface area contributed by atoms with E-state index in [-0.39, 0.29) is 34.3 Å². The molecule has 0 aromatic carbocycles. The van der Waals surface area contributed by atoms with Gasteiger partial charge in [-0.15, -0.1) is 0 Å². The quantitative estimate of drug-likeness (QED) is 0.331. The maximum atomic E-state index is 11.0. The average molecular weight is 503 g/mol. The van der Waals surface area contributed by atoms with Crippen LogP contribution in [0.2, 0.25) is 65.0 Å². The van der Waals surface area contributed by atoms with E-state index >= 15 is 0 Å². The van der Waals surface area contributed by atoms with Gasteiger partial charge >= 0.3 is 29.2 Å². The maximum Gasteiger partial charge on any atom is 0.373 e. The molecule has 0 fully saturated rings. The molecule has 2 atom stereocenters. The lowest BCUT2D eigenvalue weighted by Gasteiger charge is -2.41. The second-order valence-electron chi connectivity index (χ2n) is 9.28. The number of aliphatic carboxylic acids is 1. The smallest absolute Gasteiger partial charge is 0.373 e.